The van der Waals surface area contributed by atoms with Gasteiger partial charge < -0.3 is 4.55 Å². The third-order valence-electron chi connectivity index (χ3n) is 7.60. The van der Waals surface area contributed by atoms with Gasteiger partial charge in [0, 0.05) is 38.7 Å². The molecule has 0 saturated carbocycles. The van der Waals surface area contributed by atoms with Gasteiger partial charge in [0.05, 0.1) is 12.0 Å². The van der Waals surface area contributed by atoms with E-state index in [-0.39, 0.29) is 10.6 Å². The van der Waals surface area contributed by atoms with Crippen LogP contribution >= 0.6 is 20.8 Å². The number of hydrogen-bond donors (Lipinski definition) is 0. The molecule has 0 aliphatic heterocycles. The maximum atomic E-state index is 14.5. The number of rotatable bonds is 7. The molecule has 6 rings (SSSR count). The van der Waals surface area contributed by atoms with Gasteiger partial charge in [-0.1, -0.05) is 75.5 Å². The van der Waals surface area contributed by atoms with Gasteiger partial charge in [-0.3, -0.25) is 9.78 Å². The van der Waals surface area contributed by atoms with Crippen LogP contribution in [0.1, 0.15) is 33.8 Å². The van der Waals surface area contributed by atoms with Crippen LogP contribution in [0.3, 0.4) is 0 Å². The molecule has 0 spiro atoms. The van der Waals surface area contributed by atoms with E-state index < -0.39 is 29.1 Å². The number of pyridine rings is 1. The third kappa shape index (κ3) is 5.74. The molecular formula is C34H23ClFN4O3PS. The molecule has 45 heavy (non-hydrogen) atoms. The highest BCUT2D eigenvalue weighted by atomic mass is 35.5. The highest BCUT2D eigenvalue weighted by Gasteiger charge is 2.32. The van der Waals surface area contributed by atoms with Crippen molar-refractivity contribution in [3.63, 3.8) is 0 Å². The van der Waals surface area contributed by atoms with Gasteiger partial charge in [0.1, 0.15) is 34.0 Å². The molecule has 5 aromatic rings. The number of nitrogens with zero attached hydrogens (tertiary/aromatic N) is 4. The number of nitroso groups, excluding NO2 is 1. The monoisotopic (exact) mass is 652 g/mol. The van der Waals surface area contributed by atoms with Crippen molar-refractivity contribution in [2.45, 2.75) is 17.2 Å². The second kappa shape index (κ2) is 12.9. The first kappa shape index (κ1) is 30.6. The molecule has 1 aliphatic carbocycles. The van der Waals surface area contributed by atoms with Crippen molar-refractivity contribution < 1.29 is 13.7 Å². The molecule has 0 fully saturated rings. The van der Waals surface area contributed by atoms with Crippen molar-refractivity contribution in [3.05, 3.63) is 130 Å². The average Bonchev–Trinajstić information content (AvgIpc) is 3.42. The van der Waals surface area contributed by atoms with Crippen LogP contribution in [-0.2, 0) is 11.4 Å². The van der Waals surface area contributed by atoms with Crippen LogP contribution in [0.5, 0.6) is 0 Å². The summed E-state index contributed by atoms with van der Waals surface area (Å²) in [5.74, 6) is -2.63. The van der Waals surface area contributed by atoms with Crippen LogP contribution in [0.4, 0.5) is 4.39 Å². The zero-order valence-electron chi connectivity index (χ0n) is 23.4. The molecule has 4 atom stereocenters. The van der Waals surface area contributed by atoms with Crippen molar-refractivity contribution in [2.24, 2.45) is 11.1 Å². The van der Waals surface area contributed by atoms with Crippen molar-refractivity contribution in [1.29, 1.82) is 5.26 Å². The molecule has 0 N–H and O–H groups in total. The largest absolute Gasteiger partial charge is 0.587 e. The number of nitriles is 1. The molecule has 4 unspecified atom stereocenters. The van der Waals surface area contributed by atoms with Gasteiger partial charge in [0.15, 0.2) is 4.90 Å². The number of halogens is 2. The third-order valence-corrected chi connectivity index (χ3v) is 9.68. The lowest BCUT2D eigenvalue weighted by atomic mass is 9.86. The van der Waals surface area contributed by atoms with Crippen LogP contribution in [-0.4, -0.2) is 19.4 Å². The standard InChI is InChI=1S/C34H23ClFN4O3PS/c35-28-18-23(34(41)39-42)12-15-26(28)21-6-3-7-22(17-21)32-30(27-8-2-1-5-24(27)19-37)31-29(9-4-16-38-31)40(32)45(43)25-13-10-20(11-14-25)33(36)44/h1-4,6-18,24,33H,5,44H2. The molecule has 2 heterocycles. The van der Waals surface area contributed by atoms with E-state index in [0.29, 0.717) is 55.9 Å². The van der Waals surface area contributed by atoms with Gasteiger partial charge in [-0.15, -0.1) is 4.91 Å². The topological polar surface area (TPSA) is 111 Å². The summed E-state index contributed by atoms with van der Waals surface area (Å²) in [6, 6.07) is 24.5. The van der Waals surface area contributed by atoms with Crippen molar-refractivity contribution in [1.82, 2.24) is 8.96 Å². The first-order valence-corrected chi connectivity index (χ1v) is 15.9. The quantitative estimate of drug-likeness (QED) is 0.0991. The summed E-state index contributed by atoms with van der Waals surface area (Å²) in [7, 11) is 2.11. The first-order chi connectivity index (χ1) is 21.8. The Morgan fingerprint density at radius 3 is 2.62 bits per heavy atom. The van der Waals surface area contributed by atoms with E-state index in [4.69, 9.17) is 16.6 Å². The van der Waals surface area contributed by atoms with Gasteiger partial charge in [-0.25, -0.2) is 4.39 Å². The summed E-state index contributed by atoms with van der Waals surface area (Å²) in [4.78, 5) is 27.7. The maximum absolute atomic E-state index is 14.5. The molecular weight excluding hydrogens is 630 g/mol. The molecule has 7 nitrogen and oxygen atoms in total. The summed E-state index contributed by atoms with van der Waals surface area (Å²) >= 11 is 4.77. The molecule has 2 aromatic heterocycles. The predicted molar refractivity (Wildman–Crippen MR) is 178 cm³/mol. The van der Waals surface area contributed by atoms with E-state index in [2.05, 4.69) is 20.5 Å². The Bertz CT molecular complexity index is 2070. The number of allylic oxidation sites excluding steroid dienone is 4. The lowest BCUT2D eigenvalue weighted by Crippen LogP contribution is -2.15. The van der Waals surface area contributed by atoms with Crippen LogP contribution in [0.25, 0.3) is 39.0 Å². The van der Waals surface area contributed by atoms with Crippen molar-refractivity contribution >= 4 is 54.7 Å². The number of carbonyl (C=O) groups is 1. The van der Waals surface area contributed by atoms with Crippen LogP contribution in [0, 0.1) is 22.2 Å². The van der Waals surface area contributed by atoms with Crippen LogP contribution in [0.15, 0.2) is 113 Å². The maximum Gasteiger partial charge on any atom is 0.316 e. The van der Waals surface area contributed by atoms with Gasteiger partial charge in [-0.2, -0.15) is 9.23 Å². The van der Waals surface area contributed by atoms with Crippen molar-refractivity contribution in [2.75, 3.05) is 0 Å². The summed E-state index contributed by atoms with van der Waals surface area (Å²) in [6.07, 6.45) is 7.90. The van der Waals surface area contributed by atoms with Crippen molar-refractivity contribution in [3.8, 4) is 28.5 Å². The number of alkyl halides is 1. The Morgan fingerprint density at radius 1 is 1.13 bits per heavy atom. The Hall–Kier alpha value is -4.45. The summed E-state index contributed by atoms with van der Waals surface area (Å²) in [5, 5.41) is 12.8. The number of aromatic nitrogens is 2. The fourth-order valence-corrected chi connectivity index (χ4v) is 7.23. The van der Waals surface area contributed by atoms with Crippen LogP contribution < -0.4 is 0 Å². The number of carbonyl (C=O) groups excluding carboxylic acids is 1. The predicted octanol–water partition coefficient (Wildman–Crippen LogP) is 8.83. The van der Waals surface area contributed by atoms with Crippen LogP contribution in [0.2, 0.25) is 5.02 Å². The molecule has 1 amide bonds. The van der Waals surface area contributed by atoms with E-state index >= 15 is 0 Å². The molecule has 222 valence electrons. The molecule has 0 saturated heterocycles. The molecule has 0 bridgehead atoms. The molecule has 0 radical (unpaired) electrons. The lowest BCUT2D eigenvalue weighted by molar-refractivity contribution is 0.100. The average molecular weight is 653 g/mol. The van der Waals surface area contributed by atoms with Gasteiger partial charge in [0.25, 0.3) is 0 Å². The van der Waals surface area contributed by atoms with E-state index in [9.17, 15) is 23.9 Å². The highest BCUT2D eigenvalue weighted by molar-refractivity contribution is 7.90. The molecule has 3 aromatic carbocycles. The fraction of sp³-hybridized carbons (Fsp3) is 0.0882. The van der Waals surface area contributed by atoms with Gasteiger partial charge in [-0.05, 0) is 65.6 Å². The minimum Gasteiger partial charge on any atom is -0.587 e. The summed E-state index contributed by atoms with van der Waals surface area (Å²) in [6.45, 7) is 0. The SMILES string of the molecule is N#CC1CC=CC=C1c1c(-c2cccc(-c3ccc(C(=O)N=O)cc3Cl)c2)n([S+]([O-])c2ccc(C(F)P)cc2)c2cccnc12. The molecule has 1 aliphatic rings. The first-order valence-electron chi connectivity index (χ1n) is 13.8. The van der Waals surface area contributed by atoms with E-state index in [1.165, 1.54) is 12.1 Å². The van der Waals surface area contributed by atoms with Gasteiger partial charge >= 0.3 is 5.91 Å². The Kier molecular flexibility index (Phi) is 8.75. The second-order valence-corrected chi connectivity index (χ2v) is 12.6. The minimum atomic E-state index is -1.80. The second-order valence-electron chi connectivity index (χ2n) is 10.2. The fourth-order valence-electron chi connectivity index (χ4n) is 5.45. The highest BCUT2D eigenvalue weighted by Crippen LogP contribution is 2.44. The number of fused-ring (bicyclic) bond motifs is 1. The zero-order valence-corrected chi connectivity index (χ0v) is 26.2. The number of amides is 1. The Morgan fingerprint density at radius 2 is 1.91 bits per heavy atom. The molecule has 11 heteroatoms. The minimum absolute atomic E-state index is 0.0744. The van der Waals surface area contributed by atoms with Gasteiger partial charge in [0.2, 0.25) is 0 Å². The lowest BCUT2D eigenvalue weighted by Gasteiger charge is -2.19. The zero-order chi connectivity index (χ0) is 31.7. The Labute approximate surface area is 268 Å². The van der Waals surface area contributed by atoms with E-state index in [1.807, 2.05) is 48.6 Å². The summed E-state index contributed by atoms with van der Waals surface area (Å²) < 4.78 is 30.1. The number of hydrogen-bond acceptors (Lipinski definition) is 5. The van der Waals surface area contributed by atoms with E-state index in [1.54, 1.807) is 46.6 Å². The normalized spacial score (nSPS) is 15.7. The van der Waals surface area contributed by atoms with E-state index in [0.717, 1.165) is 5.57 Å². The number of benzene rings is 3. The smallest absolute Gasteiger partial charge is 0.316 e. The Balaban J connectivity index is 1.61. The summed E-state index contributed by atoms with van der Waals surface area (Å²) in [5.41, 5.74) is 5.69.